The van der Waals surface area contributed by atoms with Crippen molar-refractivity contribution in [2.24, 2.45) is 5.73 Å². The van der Waals surface area contributed by atoms with Crippen LogP contribution >= 0.6 is 0 Å². The van der Waals surface area contributed by atoms with Gasteiger partial charge in [-0.1, -0.05) is 6.07 Å². The SMILES string of the molecule is COc1cc(C)c(C)cc1C(C)(C)N. The molecular weight excluding hydrogens is 174 g/mol. The van der Waals surface area contributed by atoms with Gasteiger partial charge in [0.25, 0.3) is 0 Å². The van der Waals surface area contributed by atoms with E-state index in [1.165, 1.54) is 11.1 Å². The van der Waals surface area contributed by atoms with Crippen molar-refractivity contribution >= 4 is 0 Å². The Kier molecular flexibility index (Phi) is 2.86. The van der Waals surface area contributed by atoms with Gasteiger partial charge in [0.05, 0.1) is 7.11 Å². The summed E-state index contributed by atoms with van der Waals surface area (Å²) in [5.74, 6) is 0.876. The van der Waals surface area contributed by atoms with Gasteiger partial charge in [-0.2, -0.15) is 0 Å². The van der Waals surface area contributed by atoms with E-state index in [-0.39, 0.29) is 5.54 Å². The molecule has 0 aliphatic rings. The lowest BCUT2D eigenvalue weighted by molar-refractivity contribution is 0.394. The zero-order chi connectivity index (χ0) is 10.9. The molecule has 0 aliphatic heterocycles. The van der Waals surface area contributed by atoms with Crippen molar-refractivity contribution in [3.05, 3.63) is 28.8 Å². The third-order valence-electron chi connectivity index (χ3n) is 2.51. The largest absolute Gasteiger partial charge is 0.496 e. The van der Waals surface area contributed by atoms with Crippen molar-refractivity contribution in [1.82, 2.24) is 0 Å². The average Bonchev–Trinajstić information content (AvgIpc) is 2.07. The van der Waals surface area contributed by atoms with Crippen LogP contribution in [0.1, 0.15) is 30.5 Å². The normalized spacial score (nSPS) is 11.6. The van der Waals surface area contributed by atoms with Crippen LogP contribution in [0.15, 0.2) is 12.1 Å². The molecule has 0 heterocycles. The fourth-order valence-corrected chi connectivity index (χ4v) is 1.46. The second-order valence-electron chi connectivity index (χ2n) is 4.36. The number of methoxy groups -OCH3 is 1. The van der Waals surface area contributed by atoms with E-state index < -0.39 is 0 Å². The van der Waals surface area contributed by atoms with E-state index in [2.05, 4.69) is 19.9 Å². The molecule has 78 valence electrons. The van der Waals surface area contributed by atoms with Gasteiger partial charge in [-0.05, 0) is 44.9 Å². The van der Waals surface area contributed by atoms with Gasteiger partial charge in [-0.25, -0.2) is 0 Å². The minimum Gasteiger partial charge on any atom is -0.496 e. The third-order valence-corrected chi connectivity index (χ3v) is 2.51. The van der Waals surface area contributed by atoms with Crippen LogP contribution in [0.2, 0.25) is 0 Å². The van der Waals surface area contributed by atoms with Crippen molar-refractivity contribution in [2.75, 3.05) is 7.11 Å². The maximum Gasteiger partial charge on any atom is 0.124 e. The summed E-state index contributed by atoms with van der Waals surface area (Å²) < 4.78 is 5.33. The first-order valence-corrected chi connectivity index (χ1v) is 4.81. The Hall–Kier alpha value is -1.02. The van der Waals surface area contributed by atoms with Crippen LogP contribution in [0.25, 0.3) is 0 Å². The second-order valence-corrected chi connectivity index (χ2v) is 4.36. The van der Waals surface area contributed by atoms with Gasteiger partial charge in [0.2, 0.25) is 0 Å². The molecule has 1 rings (SSSR count). The standard InChI is InChI=1S/C12H19NO/c1-8-6-10(12(3,4)13)11(14-5)7-9(8)2/h6-7H,13H2,1-5H3. The van der Waals surface area contributed by atoms with E-state index in [4.69, 9.17) is 10.5 Å². The first kappa shape index (κ1) is 11.1. The van der Waals surface area contributed by atoms with Gasteiger partial charge in [-0.15, -0.1) is 0 Å². The van der Waals surface area contributed by atoms with Crippen molar-refractivity contribution in [3.8, 4) is 5.75 Å². The molecule has 0 amide bonds. The van der Waals surface area contributed by atoms with Crippen LogP contribution in [0.4, 0.5) is 0 Å². The van der Waals surface area contributed by atoms with Crippen molar-refractivity contribution < 1.29 is 4.74 Å². The highest BCUT2D eigenvalue weighted by Gasteiger charge is 2.19. The highest BCUT2D eigenvalue weighted by molar-refractivity contribution is 5.44. The monoisotopic (exact) mass is 193 g/mol. The van der Waals surface area contributed by atoms with Gasteiger partial charge >= 0.3 is 0 Å². The first-order valence-electron chi connectivity index (χ1n) is 4.81. The van der Waals surface area contributed by atoms with Crippen molar-refractivity contribution in [2.45, 2.75) is 33.2 Å². The maximum absolute atomic E-state index is 6.07. The van der Waals surface area contributed by atoms with Crippen LogP contribution in [0, 0.1) is 13.8 Å². The number of hydrogen-bond donors (Lipinski definition) is 1. The predicted molar refractivity (Wildman–Crippen MR) is 59.7 cm³/mol. The molecule has 0 bridgehead atoms. The molecular formula is C12H19NO. The summed E-state index contributed by atoms with van der Waals surface area (Å²) in [5, 5.41) is 0. The second kappa shape index (κ2) is 3.62. The molecule has 2 heteroatoms. The van der Waals surface area contributed by atoms with Gasteiger partial charge < -0.3 is 10.5 Å². The summed E-state index contributed by atoms with van der Waals surface area (Å²) in [6.45, 7) is 8.13. The van der Waals surface area contributed by atoms with Crippen LogP contribution in [0.5, 0.6) is 5.75 Å². The average molecular weight is 193 g/mol. The van der Waals surface area contributed by atoms with Crippen LogP contribution in [-0.4, -0.2) is 7.11 Å². The molecule has 0 atom stereocenters. The van der Waals surface area contributed by atoms with E-state index in [1.54, 1.807) is 7.11 Å². The number of hydrogen-bond acceptors (Lipinski definition) is 2. The van der Waals surface area contributed by atoms with Crippen LogP contribution < -0.4 is 10.5 Å². The summed E-state index contributed by atoms with van der Waals surface area (Å²) in [7, 11) is 1.68. The minimum absolute atomic E-state index is 0.357. The molecule has 2 N–H and O–H groups in total. The molecule has 0 saturated heterocycles. The molecule has 0 spiro atoms. The van der Waals surface area contributed by atoms with Crippen molar-refractivity contribution in [3.63, 3.8) is 0 Å². The lowest BCUT2D eigenvalue weighted by Crippen LogP contribution is -2.29. The van der Waals surface area contributed by atoms with E-state index in [0.29, 0.717) is 0 Å². The summed E-state index contributed by atoms with van der Waals surface area (Å²) in [4.78, 5) is 0. The lowest BCUT2D eigenvalue weighted by Gasteiger charge is -2.23. The van der Waals surface area contributed by atoms with Crippen molar-refractivity contribution in [1.29, 1.82) is 0 Å². The molecule has 0 fully saturated rings. The zero-order valence-corrected chi connectivity index (χ0v) is 9.64. The molecule has 0 aromatic heterocycles. The molecule has 0 radical (unpaired) electrons. The summed E-state index contributed by atoms with van der Waals surface area (Å²) in [6.07, 6.45) is 0. The Balaban J connectivity index is 3.35. The topological polar surface area (TPSA) is 35.2 Å². The highest BCUT2D eigenvalue weighted by Crippen LogP contribution is 2.30. The molecule has 0 unspecified atom stereocenters. The van der Waals surface area contributed by atoms with E-state index in [1.807, 2.05) is 19.9 Å². The van der Waals surface area contributed by atoms with Crippen LogP contribution in [0.3, 0.4) is 0 Å². The Morgan fingerprint density at radius 1 is 1.14 bits per heavy atom. The number of rotatable bonds is 2. The fraction of sp³-hybridized carbons (Fsp3) is 0.500. The minimum atomic E-state index is -0.357. The number of benzene rings is 1. The number of nitrogens with two attached hydrogens (primary N) is 1. The number of aryl methyl sites for hydroxylation is 2. The highest BCUT2D eigenvalue weighted by atomic mass is 16.5. The Labute approximate surface area is 86.1 Å². The molecule has 0 saturated carbocycles. The summed E-state index contributed by atoms with van der Waals surface area (Å²) >= 11 is 0. The van der Waals surface area contributed by atoms with Gasteiger partial charge in [0.15, 0.2) is 0 Å². The van der Waals surface area contributed by atoms with E-state index in [0.717, 1.165) is 11.3 Å². The molecule has 0 aliphatic carbocycles. The Morgan fingerprint density at radius 2 is 1.64 bits per heavy atom. The zero-order valence-electron chi connectivity index (χ0n) is 9.64. The molecule has 1 aromatic carbocycles. The quantitative estimate of drug-likeness (QED) is 0.783. The summed E-state index contributed by atoms with van der Waals surface area (Å²) in [5.41, 5.74) is 9.25. The lowest BCUT2D eigenvalue weighted by atomic mass is 9.91. The van der Waals surface area contributed by atoms with Crippen LogP contribution in [-0.2, 0) is 5.54 Å². The Morgan fingerprint density at radius 3 is 2.07 bits per heavy atom. The third kappa shape index (κ3) is 2.07. The number of ether oxygens (including phenoxy) is 1. The summed E-state index contributed by atoms with van der Waals surface area (Å²) in [6, 6.07) is 4.15. The smallest absolute Gasteiger partial charge is 0.124 e. The van der Waals surface area contributed by atoms with E-state index >= 15 is 0 Å². The molecule has 2 nitrogen and oxygen atoms in total. The Bertz CT molecular complexity index is 337. The van der Waals surface area contributed by atoms with E-state index in [9.17, 15) is 0 Å². The maximum atomic E-state index is 6.07. The first-order chi connectivity index (χ1) is 6.36. The predicted octanol–water partition coefficient (Wildman–Crippen LogP) is 2.51. The molecule has 1 aromatic rings. The van der Waals surface area contributed by atoms with Gasteiger partial charge in [0.1, 0.15) is 5.75 Å². The van der Waals surface area contributed by atoms with Gasteiger partial charge in [0, 0.05) is 11.1 Å². The fourth-order valence-electron chi connectivity index (χ4n) is 1.46. The van der Waals surface area contributed by atoms with Gasteiger partial charge in [-0.3, -0.25) is 0 Å². The molecule has 14 heavy (non-hydrogen) atoms.